The predicted molar refractivity (Wildman–Crippen MR) is 118 cm³/mol. The van der Waals surface area contributed by atoms with Gasteiger partial charge in [0.25, 0.3) is 0 Å². The average Bonchev–Trinajstić information content (AvgIpc) is 2.70. The van der Waals surface area contributed by atoms with Crippen LogP contribution in [0.25, 0.3) is 22.0 Å². The molecular formula is C25H28N2O2. The summed E-state index contributed by atoms with van der Waals surface area (Å²) < 4.78 is 1.96. The molecule has 1 aliphatic rings. The fourth-order valence-corrected chi connectivity index (χ4v) is 4.57. The van der Waals surface area contributed by atoms with Crippen molar-refractivity contribution in [2.75, 3.05) is 13.1 Å². The zero-order chi connectivity index (χ0) is 20.5. The average molecular weight is 389 g/mol. The van der Waals surface area contributed by atoms with Crippen LogP contribution in [-0.4, -0.2) is 28.5 Å². The summed E-state index contributed by atoms with van der Waals surface area (Å²) in [6.45, 7) is 8.30. The van der Waals surface area contributed by atoms with E-state index in [1.54, 1.807) is 0 Å². The van der Waals surface area contributed by atoms with Crippen LogP contribution in [0, 0.1) is 18.8 Å². The predicted octanol–water partition coefficient (Wildman–Crippen LogP) is 4.48. The van der Waals surface area contributed by atoms with Gasteiger partial charge in [0, 0.05) is 30.2 Å². The Hall–Kier alpha value is -2.88. The third kappa shape index (κ3) is 3.98. The minimum atomic E-state index is 0.00937. The lowest BCUT2D eigenvalue weighted by molar-refractivity contribution is -0.134. The molecule has 29 heavy (non-hydrogen) atoms. The van der Waals surface area contributed by atoms with Gasteiger partial charge in [0.05, 0.1) is 5.52 Å². The quantitative estimate of drug-likeness (QED) is 0.664. The molecule has 2 unspecified atom stereocenters. The van der Waals surface area contributed by atoms with Gasteiger partial charge >= 0.3 is 0 Å². The highest BCUT2D eigenvalue weighted by atomic mass is 16.2. The minimum Gasteiger partial charge on any atom is -0.341 e. The zero-order valence-corrected chi connectivity index (χ0v) is 17.4. The molecule has 1 amide bonds. The molecule has 1 aromatic heterocycles. The van der Waals surface area contributed by atoms with E-state index in [2.05, 4.69) is 13.8 Å². The number of rotatable bonds is 3. The number of piperidine rings is 1. The number of aromatic nitrogens is 1. The van der Waals surface area contributed by atoms with Gasteiger partial charge in [-0.2, -0.15) is 0 Å². The van der Waals surface area contributed by atoms with Gasteiger partial charge < -0.3 is 9.47 Å². The molecule has 3 aromatic rings. The number of carbonyl (C=O) groups excluding carboxylic acids is 1. The van der Waals surface area contributed by atoms with E-state index < -0.39 is 0 Å². The Morgan fingerprint density at radius 3 is 2.41 bits per heavy atom. The number of amides is 1. The summed E-state index contributed by atoms with van der Waals surface area (Å²) in [5.41, 5.74) is 3.42. The first kappa shape index (κ1) is 19.4. The molecule has 4 rings (SSSR count). The van der Waals surface area contributed by atoms with E-state index >= 15 is 0 Å². The van der Waals surface area contributed by atoms with E-state index in [0.717, 1.165) is 29.7 Å². The molecule has 0 bridgehead atoms. The maximum Gasteiger partial charge on any atom is 0.242 e. The molecule has 1 aliphatic heterocycles. The maximum atomic E-state index is 13.2. The van der Waals surface area contributed by atoms with E-state index in [0.29, 0.717) is 22.8 Å². The van der Waals surface area contributed by atoms with Crippen LogP contribution < -0.4 is 5.43 Å². The summed E-state index contributed by atoms with van der Waals surface area (Å²) in [5, 5.41) is 0.658. The molecule has 0 saturated carbocycles. The van der Waals surface area contributed by atoms with Crippen molar-refractivity contribution in [3.8, 4) is 11.1 Å². The van der Waals surface area contributed by atoms with Crippen LogP contribution in [0.15, 0.2) is 59.5 Å². The monoisotopic (exact) mass is 388 g/mol. The number of pyridine rings is 1. The largest absolute Gasteiger partial charge is 0.341 e. The highest BCUT2D eigenvalue weighted by molar-refractivity contribution is 5.86. The van der Waals surface area contributed by atoms with Gasteiger partial charge in [-0.15, -0.1) is 0 Å². The van der Waals surface area contributed by atoms with Crippen LogP contribution in [0.2, 0.25) is 0 Å². The van der Waals surface area contributed by atoms with E-state index in [1.807, 2.05) is 71.1 Å². The third-order valence-corrected chi connectivity index (χ3v) is 5.85. The standard InChI is InChI=1S/C25H28N2O2/c1-17-9-10-21-23(12-17)26(15-22(25(21)29)20-7-5-4-6-8-20)16-24(28)27-13-18(2)11-19(3)14-27/h4-10,12,15,18-19H,11,13-14,16H2,1-3H3. The van der Waals surface area contributed by atoms with Gasteiger partial charge in [0.1, 0.15) is 6.54 Å². The van der Waals surface area contributed by atoms with Gasteiger partial charge in [-0.05, 0) is 48.4 Å². The van der Waals surface area contributed by atoms with Crippen molar-refractivity contribution in [2.24, 2.45) is 11.8 Å². The lowest BCUT2D eigenvalue weighted by Gasteiger charge is -2.35. The van der Waals surface area contributed by atoms with E-state index in [-0.39, 0.29) is 17.9 Å². The second-order valence-corrected chi connectivity index (χ2v) is 8.63. The van der Waals surface area contributed by atoms with Crippen LogP contribution in [0.5, 0.6) is 0 Å². The Kier molecular flexibility index (Phi) is 5.27. The van der Waals surface area contributed by atoms with Crippen molar-refractivity contribution in [3.63, 3.8) is 0 Å². The maximum absolute atomic E-state index is 13.2. The normalized spacial score (nSPS) is 19.5. The topological polar surface area (TPSA) is 42.3 Å². The summed E-state index contributed by atoms with van der Waals surface area (Å²) in [4.78, 5) is 28.3. The number of carbonyl (C=O) groups is 1. The fraction of sp³-hybridized carbons (Fsp3) is 0.360. The summed E-state index contributed by atoms with van der Waals surface area (Å²) in [6.07, 6.45) is 3.02. The van der Waals surface area contributed by atoms with Crippen molar-refractivity contribution in [1.82, 2.24) is 9.47 Å². The van der Waals surface area contributed by atoms with Gasteiger partial charge in [0.2, 0.25) is 5.91 Å². The van der Waals surface area contributed by atoms with Gasteiger partial charge in [-0.3, -0.25) is 9.59 Å². The van der Waals surface area contributed by atoms with Crippen LogP contribution in [0.1, 0.15) is 25.8 Å². The molecule has 0 radical (unpaired) electrons. The van der Waals surface area contributed by atoms with Crippen molar-refractivity contribution in [3.05, 3.63) is 70.5 Å². The van der Waals surface area contributed by atoms with Crippen LogP contribution >= 0.6 is 0 Å². The molecule has 2 heterocycles. The summed E-state index contributed by atoms with van der Waals surface area (Å²) in [6, 6.07) is 15.5. The first-order valence-electron chi connectivity index (χ1n) is 10.4. The smallest absolute Gasteiger partial charge is 0.242 e. The lowest BCUT2D eigenvalue weighted by atomic mass is 9.92. The second kappa shape index (κ2) is 7.86. The summed E-state index contributed by atoms with van der Waals surface area (Å²) in [5.74, 6) is 1.17. The first-order valence-corrected chi connectivity index (χ1v) is 10.4. The second-order valence-electron chi connectivity index (χ2n) is 8.63. The minimum absolute atomic E-state index is 0.00937. The Labute approximate surface area is 171 Å². The highest BCUT2D eigenvalue weighted by Gasteiger charge is 2.25. The number of hydrogen-bond donors (Lipinski definition) is 0. The lowest BCUT2D eigenvalue weighted by Crippen LogP contribution is -2.44. The number of aryl methyl sites for hydroxylation is 1. The number of fused-ring (bicyclic) bond motifs is 1. The van der Waals surface area contributed by atoms with Crippen molar-refractivity contribution < 1.29 is 4.79 Å². The Morgan fingerprint density at radius 1 is 1.03 bits per heavy atom. The Morgan fingerprint density at radius 2 is 1.72 bits per heavy atom. The molecule has 4 nitrogen and oxygen atoms in total. The molecule has 0 N–H and O–H groups in total. The zero-order valence-electron chi connectivity index (χ0n) is 17.4. The summed E-state index contributed by atoms with van der Waals surface area (Å²) in [7, 11) is 0. The third-order valence-electron chi connectivity index (χ3n) is 5.85. The van der Waals surface area contributed by atoms with Crippen LogP contribution in [0.3, 0.4) is 0 Å². The molecule has 2 aromatic carbocycles. The number of hydrogen-bond acceptors (Lipinski definition) is 2. The SMILES string of the molecule is Cc1ccc2c(=O)c(-c3ccccc3)cn(CC(=O)N3CC(C)CC(C)C3)c2c1. The van der Waals surface area contributed by atoms with Crippen molar-refractivity contribution in [2.45, 2.75) is 33.7 Å². The Balaban J connectivity index is 1.78. The number of benzene rings is 2. The van der Waals surface area contributed by atoms with Gasteiger partial charge in [-0.25, -0.2) is 0 Å². The van der Waals surface area contributed by atoms with Crippen LogP contribution in [0.4, 0.5) is 0 Å². The van der Waals surface area contributed by atoms with Crippen molar-refractivity contribution >= 4 is 16.8 Å². The summed E-state index contributed by atoms with van der Waals surface area (Å²) >= 11 is 0. The molecule has 4 heteroatoms. The van der Waals surface area contributed by atoms with E-state index in [9.17, 15) is 9.59 Å². The molecular weight excluding hydrogens is 360 g/mol. The molecule has 2 atom stereocenters. The number of likely N-dealkylation sites (tertiary alicyclic amines) is 1. The van der Waals surface area contributed by atoms with Crippen LogP contribution in [-0.2, 0) is 11.3 Å². The van der Waals surface area contributed by atoms with E-state index in [1.165, 1.54) is 6.42 Å². The molecule has 150 valence electrons. The number of nitrogens with zero attached hydrogens (tertiary/aromatic N) is 2. The van der Waals surface area contributed by atoms with E-state index in [4.69, 9.17) is 0 Å². The molecule has 1 fully saturated rings. The highest BCUT2D eigenvalue weighted by Crippen LogP contribution is 2.23. The van der Waals surface area contributed by atoms with Gasteiger partial charge in [-0.1, -0.05) is 50.2 Å². The fourth-order valence-electron chi connectivity index (χ4n) is 4.57. The molecule has 0 spiro atoms. The first-order chi connectivity index (χ1) is 13.9. The van der Waals surface area contributed by atoms with Crippen molar-refractivity contribution in [1.29, 1.82) is 0 Å². The Bertz CT molecular complexity index is 1090. The molecule has 1 saturated heterocycles. The molecule has 0 aliphatic carbocycles. The van der Waals surface area contributed by atoms with Gasteiger partial charge in [0.15, 0.2) is 5.43 Å².